The molecule has 166 valence electrons. The average molecular weight is 493 g/mol. The van der Waals surface area contributed by atoms with Crippen molar-refractivity contribution in [2.45, 2.75) is 20.8 Å². The van der Waals surface area contributed by atoms with Gasteiger partial charge in [0.05, 0.1) is 30.5 Å². The van der Waals surface area contributed by atoms with Gasteiger partial charge in [0.2, 0.25) is 0 Å². The molecule has 0 saturated carbocycles. The van der Waals surface area contributed by atoms with Crippen molar-refractivity contribution in [3.05, 3.63) is 52.0 Å². The number of halogens is 1. The predicted molar refractivity (Wildman–Crippen MR) is 120 cm³/mol. The molecular weight excluding hydrogens is 468 g/mol. The van der Waals surface area contributed by atoms with E-state index in [0.717, 1.165) is 0 Å². The largest absolute Gasteiger partial charge is 0.494 e. The maximum absolute atomic E-state index is 12.2. The van der Waals surface area contributed by atoms with Crippen LogP contribution in [0.2, 0.25) is 0 Å². The lowest BCUT2D eigenvalue weighted by atomic mass is 10.2. The summed E-state index contributed by atoms with van der Waals surface area (Å²) >= 11 is 3.42. The van der Waals surface area contributed by atoms with Crippen LogP contribution in [-0.2, 0) is 9.53 Å². The molecule has 0 aliphatic carbocycles. The third-order valence-corrected chi connectivity index (χ3v) is 4.37. The third-order valence-electron chi connectivity index (χ3n) is 3.78. The van der Waals surface area contributed by atoms with Gasteiger partial charge in [0, 0.05) is 5.56 Å². The van der Waals surface area contributed by atoms with Gasteiger partial charge in [0.1, 0.15) is 5.75 Å². The van der Waals surface area contributed by atoms with Gasteiger partial charge in [-0.25, -0.2) is 10.2 Å². The second kappa shape index (κ2) is 12.6. The number of benzene rings is 2. The van der Waals surface area contributed by atoms with Crippen molar-refractivity contribution in [1.82, 2.24) is 5.43 Å². The Labute approximate surface area is 189 Å². The summed E-state index contributed by atoms with van der Waals surface area (Å²) in [5.41, 5.74) is 3.60. The van der Waals surface area contributed by atoms with E-state index in [1.165, 1.54) is 6.21 Å². The smallest absolute Gasteiger partial charge is 0.344 e. The zero-order chi connectivity index (χ0) is 22.6. The highest BCUT2D eigenvalue weighted by molar-refractivity contribution is 9.10. The topological polar surface area (TPSA) is 95.5 Å². The van der Waals surface area contributed by atoms with Gasteiger partial charge >= 0.3 is 5.97 Å². The maximum atomic E-state index is 12.2. The van der Waals surface area contributed by atoms with Crippen LogP contribution < -0.4 is 19.6 Å². The summed E-state index contributed by atoms with van der Waals surface area (Å²) < 4.78 is 22.0. The van der Waals surface area contributed by atoms with Gasteiger partial charge in [0.15, 0.2) is 18.1 Å². The SMILES string of the molecule is CCOC(=O)COc1c(Br)cc(/C=N/NC(=O)c2ccc(OCC)cc2)cc1OCC. The van der Waals surface area contributed by atoms with Crippen molar-refractivity contribution in [3.8, 4) is 17.2 Å². The van der Waals surface area contributed by atoms with Crippen LogP contribution in [0.15, 0.2) is 46.0 Å². The van der Waals surface area contributed by atoms with E-state index >= 15 is 0 Å². The fraction of sp³-hybridized carbons (Fsp3) is 0.318. The van der Waals surface area contributed by atoms with Gasteiger partial charge in [-0.3, -0.25) is 4.79 Å². The molecular formula is C22H25BrN2O6. The standard InChI is InChI=1S/C22H25BrN2O6/c1-4-28-17-9-7-16(8-10-17)22(27)25-24-13-15-11-18(23)21(19(12-15)29-5-2)31-14-20(26)30-6-3/h7-13H,4-6,14H2,1-3H3,(H,25,27)/b24-13+. The quantitative estimate of drug-likeness (QED) is 0.289. The van der Waals surface area contributed by atoms with Crippen LogP contribution in [0.1, 0.15) is 36.7 Å². The Morgan fingerprint density at radius 2 is 1.71 bits per heavy atom. The summed E-state index contributed by atoms with van der Waals surface area (Å²) in [6.45, 7) is 6.45. The van der Waals surface area contributed by atoms with Gasteiger partial charge in [-0.15, -0.1) is 0 Å². The summed E-state index contributed by atoms with van der Waals surface area (Å²) in [7, 11) is 0. The number of esters is 1. The van der Waals surface area contributed by atoms with Gasteiger partial charge < -0.3 is 18.9 Å². The molecule has 2 rings (SSSR count). The molecule has 9 heteroatoms. The lowest BCUT2D eigenvalue weighted by molar-refractivity contribution is -0.145. The Balaban J connectivity index is 2.07. The third kappa shape index (κ3) is 7.60. The number of ether oxygens (including phenoxy) is 4. The zero-order valence-corrected chi connectivity index (χ0v) is 19.2. The summed E-state index contributed by atoms with van der Waals surface area (Å²) in [5, 5.41) is 4.00. The predicted octanol–water partition coefficient (Wildman–Crippen LogP) is 3.95. The van der Waals surface area contributed by atoms with Crippen LogP contribution in [0.5, 0.6) is 17.2 Å². The Kier molecular flexibility index (Phi) is 9.83. The van der Waals surface area contributed by atoms with E-state index in [2.05, 4.69) is 26.5 Å². The molecule has 0 bridgehead atoms. The molecule has 0 aromatic heterocycles. The molecule has 31 heavy (non-hydrogen) atoms. The number of carbonyl (C=O) groups is 2. The number of hydrogen-bond donors (Lipinski definition) is 1. The van der Waals surface area contributed by atoms with Crippen LogP contribution in [-0.4, -0.2) is 44.5 Å². The van der Waals surface area contributed by atoms with Gasteiger partial charge in [-0.05, 0) is 78.7 Å². The van der Waals surface area contributed by atoms with Crippen LogP contribution in [0.4, 0.5) is 0 Å². The van der Waals surface area contributed by atoms with Gasteiger partial charge in [0.25, 0.3) is 5.91 Å². The average Bonchev–Trinajstić information content (AvgIpc) is 2.74. The normalized spacial score (nSPS) is 10.6. The van der Waals surface area contributed by atoms with Gasteiger partial charge in [-0.2, -0.15) is 5.10 Å². The fourth-order valence-corrected chi connectivity index (χ4v) is 3.07. The van der Waals surface area contributed by atoms with E-state index in [9.17, 15) is 9.59 Å². The Morgan fingerprint density at radius 1 is 1.00 bits per heavy atom. The van der Waals surface area contributed by atoms with E-state index in [0.29, 0.717) is 46.1 Å². The van der Waals surface area contributed by atoms with Gasteiger partial charge in [-0.1, -0.05) is 0 Å². The first-order chi connectivity index (χ1) is 15.0. The van der Waals surface area contributed by atoms with Crippen molar-refractivity contribution in [1.29, 1.82) is 0 Å². The van der Waals surface area contributed by atoms with Crippen molar-refractivity contribution < 1.29 is 28.5 Å². The number of nitrogens with zero attached hydrogens (tertiary/aromatic N) is 1. The van der Waals surface area contributed by atoms with E-state index in [1.807, 2.05) is 13.8 Å². The molecule has 8 nitrogen and oxygen atoms in total. The molecule has 0 atom stereocenters. The molecule has 1 N–H and O–H groups in total. The molecule has 0 spiro atoms. The number of hydrazone groups is 1. The number of hydrogen-bond acceptors (Lipinski definition) is 7. The van der Waals surface area contributed by atoms with E-state index in [4.69, 9.17) is 18.9 Å². The highest BCUT2D eigenvalue weighted by Crippen LogP contribution is 2.36. The molecule has 0 fully saturated rings. The van der Waals surface area contributed by atoms with E-state index in [1.54, 1.807) is 43.3 Å². The van der Waals surface area contributed by atoms with Crippen LogP contribution in [0, 0.1) is 0 Å². The first kappa shape index (κ1) is 24.2. The minimum absolute atomic E-state index is 0.238. The molecule has 0 unspecified atom stereocenters. The Bertz CT molecular complexity index is 915. The fourth-order valence-electron chi connectivity index (χ4n) is 2.50. The lowest BCUT2D eigenvalue weighted by Crippen LogP contribution is -2.17. The second-order valence-corrected chi connectivity index (χ2v) is 6.87. The van der Waals surface area contributed by atoms with E-state index in [-0.39, 0.29) is 19.1 Å². The zero-order valence-electron chi connectivity index (χ0n) is 17.6. The highest BCUT2D eigenvalue weighted by Gasteiger charge is 2.14. The molecule has 0 aliphatic rings. The van der Waals surface area contributed by atoms with Crippen LogP contribution >= 0.6 is 15.9 Å². The molecule has 0 aliphatic heterocycles. The second-order valence-electron chi connectivity index (χ2n) is 6.01. The molecule has 0 saturated heterocycles. The summed E-state index contributed by atoms with van der Waals surface area (Å²) in [6, 6.07) is 10.2. The van der Waals surface area contributed by atoms with E-state index < -0.39 is 5.97 Å². The number of nitrogens with one attached hydrogen (secondary N) is 1. The summed E-state index contributed by atoms with van der Waals surface area (Å²) in [5.74, 6) is 0.685. The number of carbonyl (C=O) groups excluding carboxylic acids is 2. The minimum Gasteiger partial charge on any atom is -0.494 e. The Hall–Kier alpha value is -3.07. The first-order valence-electron chi connectivity index (χ1n) is 9.79. The molecule has 2 aromatic carbocycles. The summed E-state index contributed by atoms with van der Waals surface area (Å²) in [4.78, 5) is 23.8. The lowest BCUT2D eigenvalue weighted by Gasteiger charge is -2.14. The minimum atomic E-state index is -0.473. The van der Waals surface area contributed by atoms with Crippen molar-refractivity contribution in [2.24, 2.45) is 5.10 Å². The maximum Gasteiger partial charge on any atom is 0.344 e. The van der Waals surface area contributed by atoms with Crippen LogP contribution in [0.25, 0.3) is 0 Å². The monoisotopic (exact) mass is 492 g/mol. The van der Waals surface area contributed by atoms with Crippen LogP contribution in [0.3, 0.4) is 0 Å². The number of rotatable bonds is 11. The summed E-state index contributed by atoms with van der Waals surface area (Å²) in [6.07, 6.45) is 1.48. The Morgan fingerprint density at radius 3 is 2.35 bits per heavy atom. The van der Waals surface area contributed by atoms with Crippen molar-refractivity contribution in [3.63, 3.8) is 0 Å². The number of amides is 1. The highest BCUT2D eigenvalue weighted by atomic mass is 79.9. The van der Waals surface area contributed by atoms with Crippen molar-refractivity contribution >= 4 is 34.0 Å². The first-order valence-corrected chi connectivity index (χ1v) is 10.6. The molecule has 0 radical (unpaired) electrons. The molecule has 1 amide bonds. The molecule has 2 aromatic rings. The molecule has 0 heterocycles. The van der Waals surface area contributed by atoms with Crippen molar-refractivity contribution in [2.75, 3.05) is 26.4 Å².